The molecule has 3 aromatic rings. The molecule has 3 aromatic heterocycles. The number of nitrogens with one attached hydrogen (secondary N) is 2. The van der Waals surface area contributed by atoms with E-state index in [-0.39, 0.29) is 12.0 Å². The van der Waals surface area contributed by atoms with E-state index < -0.39 is 0 Å². The molecule has 1 aliphatic rings. The molecule has 2 N–H and O–H groups in total. The highest BCUT2D eigenvalue weighted by Crippen LogP contribution is 2.32. The summed E-state index contributed by atoms with van der Waals surface area (Å²) in [4.78, 5) is 18.3. The van der Waals surface area contributed by atoms with Gasteiger partial charge in [-0.05, 0) is 32.9 Å². The molecule has 1 amide bonds. The number of aromatic amines is 1. The van der Waals surface area contributed by atoms with Crippen LogP contribution in [0.15, 0.2) is 37.1 Å². The molecule has 0 aromatic carbocycles. The minimum Gasteiger partial charge on any atom is -0.472 e. The number of ether oxygens (including phenoxy) is 1. The normalized spacial score (nSPS) is 16.6. The third-order valence-electron chi connectivity index (χ3n) is 5.11. The van der Waals surface area contributed by atoms with Crippen LogP contribution in [0.4, 0.5) is 11.6 Å². The highest BCUT2D eigenvalue weighted by Gasteiger charge is 2.27. The van der Waals surface area contributed by atoms with Crippen LogP contribution in [0.1, 0.15) is 32.0 Å². The zero-order valence-corrected chi connectivity index (χ0v) is 17.0. The molecule has 0 radical (unpaired) electrons. The van der Waals surface area contributed by atoms with Gasteiger partial charge >= 0.3 is 0 Å². The molecule has 0 aliphatic carbocycles. The fraction of sp³-hybridized carbons (Fsp3) is 0.381. The second kappa shape index (κ2) is 7.62. The number of amides is 1. The number of hydrogen-bond acceptors (Lipinski definition) is 5. The van der Waals surface area contributed by atoms with Crippen molar-refractivity contribution in [3.63, 3.8) is 0 Å². The zero-order chi connectivity index (χ0) is 20.5. The number of pyridine rings is 1. The highest BCUT2D eigenvalue weighted by molar-refractivity contribution is 5.88. The average molecular weight is 394 g/mol. The van der Waals surface area contributed by atoms with Gasteiger partial charge in [0.15, 0.2) is 5.82 Å². The molecule has 0 saturated carbocycles. The van der Waals surface area contributed by atoms with Crippen molar-refractivity contribution in [3.05, 3.63) is 42.7 Å². The molecule has 152 valence electrons. The molecule has 1 saturated heterocycles. The summed E-state index contributed by atoms with van der Waals surface area (Å²) in [6.45, 7) is 11.0. The summed E-state index contributed by atoms with van der Waals surface area (Å²) >= 11 is 0. The second-order valence-electron chi connectivity index (χ2n) is 7.64. The lowest BCUT2D eigenvalue weighted by atomic mass is 10.2. The Bertz CT molecular complexity index is 1050. The van der Waals surface area contributed by atoms with Crippen LogP contribution in [0.3, 0.4) is 0 Å². The number of carbonyl (C=O) groups is 1. The Hall–Kier alpha value is -3.29. The number of H-pyrrole nitrogens is 1. The summed E-state index contributed by atoms with van der Waals surface area (Å²) < 4.78 is 8.46. The molecular weight excluding hydrogens is 368 g/mol. The van der Waals surface area contributed by atoms with E-state index in [2.05, 4.69) is 46.7 Å². The van der Waals surface area contributed by atoms with E-state index in [1.54, 1.807) is 4.90 Å². The first-order valence-corrected chi connectivity index (χ1v) is 9.83. The van der Waals surface area contributed by atoms with Crippen LogP contribution in [-0.2, 0) is 4.79 Å². The first kappa shape index (κ1) is 19.0. The fourth-order valence-electron chi connectivity index (χ4n) is 3.65. The van der Waals surface area contributed by atoms with Crippen LogP contribution in [0, 0.1) is 6.92 Å². The lowest BCUT2D eigenvalue weighted by Crippen LogP contribution is -2.29. The summed E-state index contributed by atoms with van der Waals surface area (Å²) in [5, 5.41) is 11.4. The Morgan fingerprint density at radius 1 is 1.41 bits per heavy atom. The predicted octanol–water partition coefficient (Wildman–Crippen LogP) is 3.56. The van der Waals surface area contributed by atoms with E-state index in [1.807, 2.05) is 25.1 Å². The van der Waals surface area contributed by atoms with E-state index in [0.29, 0.717) is 36.6 Å². The van der Waals surface area contributed by atoms with Gasteiger partial charge in [-0.1, -0.05) is 6.58 Å². The van der Waals surface area contributed by atoms with Crippen molar-refractivity contribution < 1.29 is 9.53 Å². The standard InChI is InChI=1S/C21H26N6O2/c1-5-20(28)26-8-6-15(12-26)29-21-16-7-9-27(13(2)3)17(16)11-18(23-21)22-19-10-14(4)24-25-19/h5,7,9-11,13,15H,1,6,8,12H2,2-4H3,(H2,22,23,24,25)/t15-/m0/s1. The maximum absolute atomic E-state index is 11.9. The lowest BCUT2D eigenvalue weighted by molar-refractivity contribution is -0.125. The molecule has 1 fully saturated rings. The summed E-state index contributed by atoms with van der Waals surface area (Å²) in [7, 11) is 0. The molecular formula is C21H26N6O2. The maximum Gasteiger partial charge on any atom is 0.246 e. The first-order chi connectivity index (χ1) is 13.9. The monoisotopic (exact) mass is 394 g/mol. The zero-order valence-electron chi connectivity index (χ0n) is 17.0. The Kier molecular flexibility index (Phi) is 5.00. The van der Waals surface area contributed by atoms with E-state index in [4.69, 9.17) is 9.72 Å². The molecule has 0 spiro atoms. The maximum atomic E-state index is 11.9. The summed E-state index contributed by atoms with van der Waals surface area (Å²) in [5.41, 5.74) is 2.00. The predicted molar refractivity (Wildman–Crippen MR) is 113 cm³/mol. The van der Waals surface area contributed by atoms with Crippen LogP contribution in [0.25, 0.3) is 10.9 Å². The van der Waals surface area contributed by atoms with Gasteiger partial charge in [-0.25, -0.2) is 0 Å². The van der Waals surface area contributed by atoms with Crippen molar-refractivity contribution >= 4 is 28.4 Å². The molecule has 0 bridgehead atoms. The topological polar surface area (TPSA) is 88.1 Å². The molecule has 4 rings (SSSR count). The summed E-state index contributed by atoms with van der Waals surface area (Å²) in [6, 6.07) is 6.26. The van der Waals surface area contributed by atoms with Gasteiger partial charge in [0, 0.05) is 43.0 Å². The molecule has 1 atom stereocenters. The third kappa shape index (κ3) is 3.83. The van der Waals surface area contributed by atoms with Crippen LogP contribution in [0.5, 0.6) is 5.88 Å². The van der Waals surface area contributed by atoms with Crippen LogP contribution in [0.2, 0.25) is 0 Å². The van der Waals surface area contributed by atoms with Crippen LogP contribution >= 0.6 is 0 Å². The third-order valence-corrected chi connectivity index (χ3v) is 5.11. The summed E-state index contributed by atoms with van der Waals surface area (Å²) in [6.07, 6.45) is 4.07. The number of nitrogens with zero attached hydrogens (tertiary/aromatic N) is 4. The Balaban J connectivity index is 1.66. The van der Waals surface area contributed by atoms with Gasteiger partial charge in [-0.3, -0.25) is 9.89 Å². The SMILES string of the molecule is C=CC(=O)N1CC[C@H](Oc2nc(Nc3cc(C)[nH]n3)cc3c2ccn3C(C)C)C1. The number of anilines is 2. The summed E-state index contributed by atoms with van der Waals surface area (Å²) in [5.74, 6) is 1.86. The number of hydrogen-bond donors (Lipinski definition) is 2. The highest BCUT2D eigenvalue weighted by atomic mass is 16.5. The minimum atomic E-state index is -0.0973. The van der Waals surface area contributed by atoms with Crippen molar-refractivity contribution in [1.29, 1.82) is 0 Å². The van der Waals surface area contributed by atoms with E-state index >= 15 is 0 Å². The lowest BCUT2D eigenvalue weighted by Gasteiger charge is -2.17. The van der Waals surface area contributed by atoms with Gasteiger partial charge in [-0.2, -0.15) is 10.1 Å². The molecule has 1 aliphatic heterocycles. The fourth-order valence-corrected chi connectivity index (χ4v) is 3.65. The van der Waals surface area contributed by atoms with Gasteiger partial charge in [0.2, 0.25) is 11.8 Å². The van der Waals surface area contributed by atoms with E-state index in [1.165, 1.54) is 6.08 Å². The van der Waals surface area contributed by atoms with Gasteiger partial charge in [0.25, 0.3) is 0 Å². The van der Waals surface area contributed by atoms with Crippen molar-refractivity contribution in [2.75, 3.05) is 18.4 Å². The van der Waals surface area contributed by atoms with Gasteiger partial charge < -0.3 is 19.5 Å². The van der Waals surface area contributed by atoms with E-state index in [0.717, 1.165) is 23.0 Å². The van der Waals surface area contributed by atoms with Crippen molar-refractivity contribution in [1.82, 2.24) is 24.6 Å². The number of rotatable bonds is 6. The molecule has 29 heavy (non-hydrogen) atoms. The number of carbonyl (C=O) groups excluding carboxylic acids is 1. The van der Waals surface area contributed by atoms with E-state index in [9.17, 15) is 4.79 Å². The van der Waals surface area contributed by atoms with Crippen molar-refractivity contribution in [2.45, 2.75) is 39.3 Å². The smallest absolute Gasteiger partial charge is 0.246 e. The number of likely N-dealkylation sites (tertiary alicyclic amines) is 1. The molecule has 8 heteroatoms. The first-order valence-electron chi connectivity index (χ1n) is 9.83. The number of aryl methyl sites for hydroxylation is 1. The quantitative estimate of drug-likeness (QED) is 0.624. The number of fused-ring (bicyclic) bond motifs is 1. The molecule has 8 nitrogen and oxygen atoms in total. The second-order valence-corrected chi connectivity index (χ2v) is 7.64. The average Bonchev–Trinajstić information content (AvgIpc) is 3.41. The van der Waals surface area contributed by atoms with Crippen molar-refractivity contribution in [3.8, 4) is 5.88 Å². The van der Waals surface area contributed by atoms with Gasteiger partial charge in [0.1, 0.15) is 11.9 Å². The molecule has 0 unspecified atom stereocenters. The largest absolute Gasteiger partial charge is 0.472 e. The van der Waals surface area contributed by atoms with Crippen LogP contribution < -0.4 is 10.1 Å². The van der Waals surface area contributed by atoms with Crippen molar-refractivity contribution in [2.24, 2.45) is 0 Å². The minimum absolute atomic E-state index is 0.0653. The van der Waals surface area contributed by atoms with Crippen LogP contribution in [-0.4, -0.2) is 49.7 Å². The van der Waals surface area contributed by atoms with Gasteiger partial charge in [-0.15, -0.1) is 0 Å². The molecule has 4 heterocycles. The Labute approximate surface area is 169 Å². The van der Waals surface area contributed by atoms with Gasteiger partial charge in [0.05, 0.1) is 17.4 Å². The number of aromatic nitrogens is 4. The Morgan fingerprint density at radius 3 is 2.93 bits per heavy atom. The Morgan fingerprint density at radius 2 is 2.24 bits per heavy atom.